The summed E-state index contributed by atoms with van der Waals surface area (Å²) in [6, 6.07) is 3.55. The van der Waals surface area contributed by atoms with Crippen molar-refractivity contribution in [3.63, 3.8) is 0 Å². The molecule has 1 atom stereocenters. The Morgan fingerprint density at radius 1 is 1.19 bits per heavy atom. The second-order valence-electron chi connectivity index (χ2n) is 5.99. The third-order valence-corrected chi connectivity index (χ3v) is 4.42. The van der Waals surface area contributed by atoms with E-state index < -0.39 is 0 Å². The van der Waals surface area contributed by atoms with Gasteiger partial charge < -0.3 is 14.8 Å². The van der Waals surface area contributed by atoms with Gasteiger partial charge in [-0.1, -0.05) is 0 Å². The van der Waals surface area contributed by atoms with E-state index in [2.05, 4.69) is 20.3 Å². The summed E-state index contributed by atoms with van der Waals surface area (Å²) in [6.45, 7) is 2.10. The number of halogens is 2. The summed E-state index contributed by atoms with van der Waals surface area (Å²) in [4.78, 5) is 27.7. The number of carbonyl (C=O) groups excluding carboxylic acids is 1. The molecule has 1 unspecified atom stereocenters. The zero-order valence-electron chi connectivity index (χ0n) is 14.7. The number of nitrogens with zero attached hydrogens (tertiary/aromatic N) is 6. The molecule has 10 heteroatoms. The average Bonchev–Trinajstić information content (AvgIpc) is 3.33. The summed E-state index contributed by atoms with van der Waals surface area (Å²) in [5, 5.41) is 3.34. The molecule has 0 bridgehead atoms. The molecule has 0 radical (unpaired) electrons. The molecule has 27 heavy (non-hydrogen) atoms. The Morgan fingerprint density at radius 3 is 2.67 bits per heavy atom. The van der Waals surface area contributed by atoms with E-state index in [1.807, 2.05) is 41.0 Å². The number of rotatable bonds is 3. The SMILES string of the molecule is Cl.Cl.Cn1ccnc1C1CNCCN1C(=O)c1ccc(-n2ccnc2)nc1. The zero-order chi connectivity index (χ0) is 17.2. The zero-order valence-corrected chi connectivity index (χ0v) is 16.4. The molecule has 4 rings (SSSR count). The first-order chi connectivity index (χ1) is 12.2. The largest absolute Gasteiger partial charge is 0.336 e. The van der Waals surface area contributed by atoms with Crippen LogP contribution in [0.25, 0.3) is 5.82 Å². The highest BCUT2D eigenvalue weighted by atomic mass is 35.5. The lowest BCUT2D eigenvalue weighted by atomic mass is 10.1. The minimum atomic E-state index is -0.0884. The van der Waals surface area contributed by atoms with Crippen molar-refractivity contribution >= 4 is 30.7 Å². The predicted octanol–water partition coefficient (Wildman–Crippen LogP) is 1.63. The first-order valence-corrected chi connectivity index (χ1v) is 8.17. The lowest BCUT2D eigenvalue weighted by Gasteiger charge is -2.35. The Labute approximate surface area is 169 Å². The smallest absolute Gasteiger partial charge is 0.256 e. The van der Waals surface area contributed by atoms with Crippen molar-refractivity contribution in [2.24, 2.45) is 7.05 Å². The molecule has 3 aromatic heterocycles. The number of aryl methyl sites for hydroxylation is 1. The van der Waals surface area contributed by atoms with Crippen LogP contribution in [0.1, 0.15) is 22.2 Å². The molecule has 0 aromatic carbocycles. The molecule has 1 amide bonds. The maximum Gasteiger partial charge on any atom is 0.256 e. The summed E-state index contributed by atoms with van der Waals surface area (Å²) >= 11 is 0. The van der Waals surface area contributed by atoms with E-state index in [9.17, 15) is 4.79 Å². The van der Waals surface area contributed by atoms with E-state index >= 15 is 0 Å². The Bertz CT molecular complexity index is 864. The van der Waals surface area contributed by atoms with Gasteiger partial charge in [-0.15, -0.1) is 24.8 Å². The van der Waals surface area contributed by atoms with Crippen LogP contribution < -0.4 is 5.32 Å². The third kappa shape index (κ3) is 4.13. The van der Waals surface area contributed by atoms with E-state index in [0.717, 1.165) is 18.2 Å². The Hall–Kier alpha value is -2.42. The number of nitrogens with one attached hydrogen (secondary N) is 1. The maximum absolute atomic E-state index is 13.0. The minimum absolute atomic E-state index is 0. The predicted molar refractivity (Wildman–Crippen MR) is 106 cm³/mol. The van der Waals surface area contributed by atoms with E-state index in [1.54, 1.807) is 29.5 Å². The van der Waals surface area contributed by atoms with Gasteiger partial charge in [0.2, 0.25) is 0 Å². The molecule has 144 valence electrons. The molecule has 1 fully saturated rings. The summed E-state index contributed by atoms with van der Waals surface area (Å²) in [5.74, 6) is 1.58. The van der Waals surface area contributed by atoms with Gasteiger partial charge in [-0.05, 0) is 12.1 Å². The van der Waals surface area contributed by atoms with Gasteiger partial charge >= 0.3 is 0 Å². The van der Waals surface area contributed by atoms with Gasteiger partial charge in [0.1, 0.15) is 24.0 Å². The lowest BCUT2D eigenvalue weighted by molar-refractivity contribution is 0.0620. The lowest BCUT2D eigenvalue weighted by Crippen LogP contribution is -2.49. The van der Waals surface area contributed by atoms with Crippen LogP contribution in [0.5, 0.6) is 0 Å². The van der Waals surface area contributed by atoms with Gasteiger partial charge in [0, 0.05) is 57.7 Å². The first kappa shape index (κ1) is 20.9. The van der Waals surface area contributed by atoms with Gasteiger partial charge in [0.05, 0.1) is 5.56 Å². The van der Waals surface area contributed by atoms with Gasteiger partial charge in [-0.3, -0.25) is 9.36 Å². The number of aromatic nitrogens is 5. The van der Waals surface area contributed by atoms with E-state index in [4.69, 9.17) is 0 Å². The number of pyridine rings is 1. The van der Waals surface area contributed by atoms with Crippen molar-refractivity contribution in [3.05, 3.63) is 60.8 Å². The topological polar surface area (TPSA) is 80.9 Å². The van der Waals surface area contributed by atoms with E-state index in [-0.39, 0.29) is 36.8 Å². The van der Waals surface area contributed by atoms with Crippen molar-refractivity contribution in [1.29, 1.82) is 0 Å². The number of hydrogen-bond acceptors (Lipinski definition) is 5. The molecule has 1 saturated heterocycles. The fourth-order valence-corrected chi connectivity index (χ4v) is 3.10. The second-order valence-corrected chi connectivity index (χ2v) is 5.99. The van der Waals surface area contributed by atoms with E-state index in [0.29, 0.717) is 18.7 Å². The quantitative estimate of drug-likeness (QED) is 0.710. The molecule has 1 aliphatic rings. The van der Waals surface area contributed by atoms with Crippen molar-refractivity contribution in [2.75, 3.05) is 19.6 Å². The van der Waals surface area contributed by atoms with Crippen LogP contribution in [0.3, 0.4) is 0 Å². The molecular formula is C17H21Cl2N7O. The van der Waals surface area contributed by atoms with E-state index in [1.165, 1.54) is 0 Å². The summed E-state index contributed by atoms with van der Waals surface area (Å²) < 4.78 is 3.76. The van der Waals surface area contributed by atoms with Crippen molar-refractivity contribution in [1.82, 2.24) is 34.3 Å². The van der Waals surface area contributed by atoms with Gasteiger partial charge in [-0.2, -0.15) is 0 Å². The Balaban J connectivity index is 0.00000131. The number of carbonyl (C=O) groups is 1. The Kier molecular flexibility index (Phi) is 6.95. The van der Waals surface area contributed by atoms with Crippen molar-refractivity contribution in [2.45, 2.75) is 6.04 Å². The summed E-state index contributed by atoms with van der Waals surface area (Å²) in [6.07, 6.45) is 10.5. The molecule has 0 aliphatic carbocycles. The molecule has 0 spiro atoms. The standard InChI is InChI=1S/C17H19N7O.2ClH/c1-22-7-6-20-16(22)14-11-18-5-9-24(14)17(25)13-2-3-15(21-10-13)23-8-4-19-12-23;;/h2-4,6-8,10,12,14,18H,5,9,11H2,1H3;2*1H. The number of piperazine rings is 1. The van der Waals surface area contributed by atoms with Crippen LogP contribution in [0.4, 0.5) is 0 Å². The molecule has 1 N–H and O–H groups in total. The normalized spacial score (nSPS) is 16.3. The monoisotopic (exact) mass is 409 g/mol. The summed E-state index contributed by atoms with van der Waals surface area (Å²) in [7, 11) is 1.95. The number of amides is 1. The van der Waals surface area contributed by atoms with Gasteiger partial charge in [0.25, 0.3) is 5.91 Å². The average molecular weight is 410 g/mol. The van der Waals surface area contributed by atoms with Crippen LogP contribution in [0.2, 0.25) is 0 Å². The highest BCUT2D eigenvalue weighted by Crippen LogP contribution is 2.22. The number of hydrogen-bond donors (Lipinski definition) is 1. The van der Waals surface area contributed by atoms with Crippen LogP contribution >= 0.6 is 24.8 Å². The minimum Gasteiger partial charge on any atom is -0.336 e. The second kappa shape index (κ2) is 8.98. The highest BCUT2D eigenvalue weighted by molar-refractivity contribution is 5.94. The molecule has 4 heterocycles. The van der Waals surface area contributed by atoms with Crippen molar-refractivity contribution < 1.29 is 4.79 Å². The first-order valence-electron chi connectivity index (χ1n) is 8.17. The van der Waals surface area contributed by atoms with Crippen LogP contribution in [0, 0.1) is 0 Å². The Morgan fingerprint density at radius 2 is 2.04 bits per heavy atom. The van der Waals surface area contributed by atoms with Gasteiger partial charge in [0.15, 0.2) is 0 Å². The molecule has 0 saturated carbocycles. The van der Waals surface area contributed by atoms with Gasteiger partial charge in [-0.25, -0.2) is 15.0 Å². The maximum atomic E-state index is 13.0. The molecule has 1 aliphatic heterocycles. The fraction of sp³-hybridized carbons (Fsp3) is 0.294. The molecular weight excluding hydrogens is 389 g/mol. The van der Waals surface area contributed by atoms with Crippen molar-refractivity contribution in [3.8, 4) is 5.82 Å². The number of imidazole rings is 2. The molecule has 3 aromatic rings. The highest BCUT2D eigenvalue weighted by Gasteiger charge is 2.31. The third-order valence-electron chi connectivity index (χ3n) is 4.42. The van der Waals surface area contributed by atoms with Crippen LogP contribution in [0.15, 0.2) is 49.4 Å². The molecule has 8 nitrogen and oxygen atoms in total. The summed E-state index contributed by atoms with van der Waals surface area (Å²) in [5.41, 5.74) is 0.574. The van der Waals surface area contributed by atoms with Crippen LogP contribution in [-0.4, -0.2) is 54.5 Å². The van der Waals surface area contributed by atoms with Crippen LogP contribution in [-0.2, 0) is 7.05 Å². The fourth-order valence-electron chi connectivity index (χ4n) is 3.10.